The number of sulfone groups is 2. The topological polar surface area (TPSA) is 167 Å². The molecule has 0 fully saturated rings. The van der Waals surface area contributed by atoms with E-state index in [9.17, 15) is 26.4 Å². The fourth-order valence-corrected chi connectivity index (χ4v) is 6.74. The van der Waals surface area contributed by atoms with Gasteiger partial charge in [-0.05, 0) is 97.4 Å². The average molecular weight is 680 g/mol. The number of halogens is 1. The zero-order valence-electron chi connectivity index (χ0n) is 27.0. The molecule has 1 amide bonds. The summed E-state index contributed by atoms with van der Waals surface area (Å²) in [6, 6.07) is 6.38. The maximum atomic E-state index is 12.2. The van der Waals surface area contributed by atoms with E-state index in [-0.39, 0.29) is 26.9 Å². The van der Waals surface area contributed by atoms with E-state index in [0.29, 0.717) is 31.2 Å². The molecule has 0 radical (unpaired) electrons. The minimum Gasteiger partial charge on any atom is -0.370 e. The number of aliphatic imine (C=N–C) groups is 1. The largest absolute Gasteiger partial charge is 0.370 e. The molecule has 0 aliphatic heterocycles. The molecular formula is C33H46ClN3O6S2. The molecule has 0 aliphatic carbocycles. The summed E-state index contributed by atoms with van der Waals surface area (Å²) in [5.74, 6) is -0.981. The monoisotopic (exact) mass is 679 g/mol. The third kappa shape index (κ3) is 12.9. The van der Waals surface area contributed by atoms with Crippen molar-refractivity contribution in [3.63, 3.8) is 0 Å². The number of benzene rings is 2. The van der Waals surface area contributed by atoms with Gasteiger partial charge in [-0.3, -0.25) is 9.59 Å². The standard InChI is InChI=1S/C17H25N3O3S.C16H21ClO3S/c1-4-6-7-8-9-13-10-12(5-2)14(16(21)20-17(18)19)11-15(13)24(3,22)23;1-4-6-7-8-9-13-10-12(5-2)14(16(17)18)11-15(13)21(3,19)20/h6-7,10-11H,4-5,8-9H2,1-3H3,(H4,18,19,20,21);6-7,10-11H,4-5,8-9H2,1-3H3. The van der Waals surface area contributed by atoms with Gasteiger partial charge in [-0.15, -0.1) is 0 Å². The number of hydrogen-bond donors (Lipinski definition) is 2. The Hall–Kier alpha value is -3.28. The van der Waals surface area contributed by atoms with Crippen LogP contribution in [-0.2, 0) is 45.4 Å². The second kappa shape index (κ2) is 18.6. The summed E-state index contributed by atoms with van der Waals surface area (Å²) in [4.78, 5) is 27.5. The van der Waals surface area contributed by atoms with Crippen LogP contribution in [0.3, 0.4) is 0 Å². The van der Waals surface area contributed by atoms with Crippen molar-refractivity contribution in [2.75, 3.05) is 12.5 Å². The highest BCUT2D eigenvalue weighted by atomic mass is 35.5. The van der Waals surface area contributed by atoms with Crippen LogP contribution in [-0.4, -0.2) is 46.5 Å². The maximum Gasteiger partial charge on any atom is 0.280 e. The van der Waals surface area contributed by atoms with Gasteiger partial charge in [0.1, 0.15) is 0 Å². The van der Waals surface area contributed by atoms with Crippen LogP contribution in [0, 0.1) is 0 Å². The SMILES string of the molecule is CCC=CCCc1cc(CC)c(C(=O)Cl)cc1S(C)(=O)=O.CCC=CCCc1cc(CC)c(C(=O)N=C(N)N)cc1S(C)(=O)=O. The van der Waals surface area contributed by atoms with Gasteiger partial charge >= 0.3 is 0 Å². The second-order valence-corrected chi connectivity index (χ2v) is 14.7. The van der Waals surface area contributed by atoms with E-state index in [1.165, 1.54) is 12.1 Å². The van der Waals surface area contributed by atoms with Crippen molar-refractivity contribution in [2.45, 2.75) is 88.9 Å². The van der Waals surface area contributed by atoms with Crippen molar-refractivity contribution in [2.24, 2.45) is 16.5 Å². The minimum atomic E-state index is -3.47. The number of allylic oxidation sites excluding steroid dienone is 4. The number of carbonyl (C=O) groups is 2. The molecule has 12 heteroatoms. The van der Waals surface area contributed by atoms with Crippen molar-refractivity contribution in [1.82, 2.24) is 0 Å². The highest BCUT2D eigenvalue weighted by molar-refractivity contribution is 7.91. The Morgan fingerprint density at radius 1 is 0.689 bits per heavy atom. The van der Waals surface area contributed by atoms with Gasteiger partial charge in [0.15, 0.2) is 25.6 Å². The lowest BCUT2D eigenvalue weighted by molar-refractivity contribution is 0.100. The van der Waals surface area contributed by atoms with Gasteiger partial charge < -0.3 is 11.5 Å². The third-order valence-corrected chi connectivity index (χ3v) is 9.33. The minimum absolute atomic E-state index is 0.152. The van der Waals surface area contributed by atoms with Gasteiger partial charge in [-0.1, -0.05) is 64.1 Å². The third-order valence-electron chi connectivity index (χ3n) is 6.77. The normalized spacial score (nSPS) is 11.8. The second-order valence-electron chi connectivity index (χ2n) is 10.4. The lowest BCUT2D eigenvalue weighted by Gasteiger charge is -2.13. The van der Waals surface area contributed by atoms with Crippen molar-refractivity contribution < 1.29 is 26.4 Å². The van der Waals surface area contributed by atoms with Gasteiger partial charge in [0.2, 0.25) is 0 Å². The lowest BCUT2D eigenvalue weighted by Crippen LogP contribution is -2.24. The summed E-state index contributed by atoms with van der Waals surface area (Å²) >= 11 is 5.56. The highest BCUT2D eigenvalue weighted by Gasteiger charge is 2.21. The first-order valence-electron chi connectivity index (χ1n) is 14.9. The zero-order valence-corrected chi connectivity index (χ0v) is 29.4. The summed E-state index contributed by atoms with van der Waals surface area (Å²) in [6.45, 7) is 7.90. The molecule has 2 aromatic carbocycles. The maximum absolute atomic E-state index is 12.2. The van der Waals surface area contributed by atoms with Crippen LogP contribution in [0.2, 0.25) is 0 Å². The van der Waals surface area contributed by atoms with E-state index >= 15 is 0 Å². The smallest absolute Gasteiger partial charge is 0.280 e. The molecule has 0 spiro atoms. The van der Waals surface area contributed by atoms with Crippen LogP contribution < -0.4 is 11.5 Å². The van der Waals surface area contributed by atoms with Crippen molar-refractivity contribution in [3.8, 4) is 0 Å². The number of rotatable bonds is 14. The predicted octanol–water partition coefficient (Wildman–Crippen LogP) is 5.90. The fraction of sp³-hybridized carbons (Fsp3) is 0.424. The molecule has 248 valence electrons. The van der Waals surface area contributed by atoms with Gasteiger partial charge in [0.05, 0.1) is 9.79 Å². The van der Waals surface area contributed by atoms with E-state index in [2.05, 4.69) is 18.0 Å². The van der Waals surface area contributed by atoms with E-state index in [1.807, 2.05) is 39.0 Å². The predicted molar refractivity (Wildman–Crippen MR) is 184 cm³/mol. The van der Waals surface area contributed by atoms with E-state index < -0.39 is 30.8 Å². The molecule has 0 aliphatic rings. The molecular weight excluding hydrogens is 634 g/mol. The van der Waals surface area contributed by atoms with E-state index in [0.717, 1.165) is 54.9 Å². The Balaban J connectivity index is 0.000000454. The fourth-order valence-electron chi connectivity index (χ4n) is 4.62. The van der Waals surface area contributed by atoms with Crippen molar-refractivity contribution in [1.29, 1.82) is 0 Å². The molecule has 2 aromatic rings. The number of carbonyl (C=O) groups excluding carboxylic acids is 2. The van der Waals surface area contributed by atoms with Crippen molar-refractivity contribution in [3.05, 3.63) is 82.0 Å². The number of nitrogens with two attached hydrogens (primary N) is 2. The molecule has 0 heterocycles. The molecule has 0 saturated carbocycles. The van der Waals surface area contributed by atoms with Crippen molar-refractivity contribution >= 4 is 48.4 Å². The van der Waals surface area contributed by atoms with Gasteiger partial charge in [-0.25, -0.2) is 16.8 Å². The Labute approximate surface area is 273 Å². The number of guanidine groups is 1. The van der Waals surface area contributed by atoms with Gasteiger partial charge in [0.25, 0.3) is 11.1 Å². The van der Waals surface area contributed by atoms with Crippen LogP contribution in [0.5, 0.6) is 0 Å². The summed E-state index contributed by atoms with van der Waals surface area (Å²) in [5.41, 5.74) is 14.0. The van der Waals surface area contributed by atoms with Crippen LogP contribution in [0.4, 0.5) is 0 Å². The average Bonchev–Trinajstić information content (AvgIpc) is 2.95. The molecule has 0 atom stereocenters. The van der Waals surface area contributed by atoms with Crippen LogP contribution >= 0.6 is 11.6 Å². The molecule has 0 saturated heterocycles. The van der Waals surface area contributed by atoms with Crippen LogP contribution in [0.1, 0.15) is 96.3 Å². The summed E-state index contributed by atoms with van der Waals surface area (Å²) in [5, 5.41) is -0.617. The number of nitrogens with zero attached hydrogens (tertiary/aromatic N) is 1. The Kier molecular flexibility index (Phi) is 16.5. The quantitative estimate of drug-likeness (QED) is 0.108. The molecule has 0 unspecified atom stereocenters. The Morgan fingerprint density at radius 2 is 1.09 bits per heavy atom. The Morgan fingerprint density at radius 3 is 1.42 bits per heavy atom. The Bertz CT molecular complexity index is 1660. The first-order chi connectivity index (χ1) is 21.0. The number of hydrogen-bond acceptors (Lipinski definition) is 6. The van der Waals surface area contributed by atoms with Gasteiger partial charge in [0, 0.05) is 23.6 Å². The molecule has 0 bridgehead atoms. The molecule has 4 N–H and O–H groups in total. The first-order valence-corrected chi connectivity index (χ1v) is 19.0. The molecule has 45 heavy (non-hydrogen) atoms. The van der Waals surface area contributed by atoms with Crippen LogP contribution in [0.25, 0.3) is 0 Å². The van der Waals surface area contributed by atoms with Gasteiger partial charge in [-0.2, -0.15) is 4.99 Å². The number of amides is 1. The first kappa shape index (κ1) is 39.7. The summed E-state index contributed by atoms with van der Waals surface area (Å²) in [6.07, 6.45) is 16.3. The number of aryl methyl sites for hydroxylation is 4. The highest BCUT2D eigenvalue weighted by Crippen LogP contribution is 2.26. The summed E-state index contributed by atoms with van der Waals surface area (Å²) in [7, 11) is -6.87. The van der Waals surface area contributed by atoms with E-state index in [1.54, 1.807) is 12.1 Å². The zero-order chi connectivity index (χ0) is 34.4. The lowest BCUT2D eigenvalue weighted by atomic mass is 9.98. The molecule has 2 rings (SSSR count). The van der Waals surface area contributed by atoms with E-state index in [4.69, 9.17) is 23.1 Å². The summed E-state index contributed by atoms with van der Waals surface area (Å²) < 4.78 is 48.1. The molecule has 0 aromatic heterocycles. The van der Waals surface area contributed by atoms with Crippen LogP contribution in [0.15, 0.2) is 63.4 Å². The molecule has 9 nitrogen and oxygen atoms in total.